The summed E-state index contributed by atoms with van der Waals surface area (Å²) < 4.78 is 16.1. The lowest BCUT2D eigenvalue weighted by molar-refractivity contribution is -0.120. The topological polar surface area (TPSA) is 81.7 Å². The second-order valence-corrected chi connectivity index (χ2v) is 8.31. The molecule has 1 saturated heterocycles. The predicted molar refractivity (Wildman–Crippen MR) is 120 cm³/mol. The van der Waals surface area contributed by atoms with Crippen LogP contribution >= 0.6 is 11.6 Å². The van der Waals surface area contributed by atoms with Gasteiger partial charge in [-0.15, -0.1) is 0 Å². The summed E-state index contributed by atoms with van der Waals surface area (Å²) in [7, 11) is 0. The molecule has 1 fully saturated rings. The first kappa shape index (κ1) is 21.5. The van der Waals surface area contributed by atoms with Crippen molar-refractivity contribution < 1.29 is 9.18 Å². The molecule has 32 heavy (non-hydrogen) atoms. The molecule has 9 heteroatoms. The number of hydrogen-bond acceptors (Lipinski definition) is 5. The molecular weight excluding hydrogens is 433 g/mol. The number of aromatic nitrogens is 2. The quantitative estimate of drug-likeness (QED) is 0.600. The van der Waals surface area contributed by atoms with Crippen molar-refractivity contribution in [3.05, 3.63) is 81.4 Å². The average molecular weight is 452 g/mol. The molecule has 0 spiro atoms. The molecule has 0 saturated carbocycles. The van der Waals surface area contributed by atoms with Crippen LogP contribution in [0.2, 0.25) is 5.02 Å². The molecule has 2 aromatic heterocycles. The highest BCUT2D eigenvalue weighted by molar-refractivity contribution is 6.32. The number of nitrogens with zero attached hydrogens (tertiary/aromatic N) is 5. The molecule has 3 heterocycles. The number of hydrogen-bond donors (Lipinski definition) is 0. The van der Waals surface area contributed by atoms with Crippen LogP contribution in [0.15, 0.2) is 53.7 Å². The van der Waals surface area contributed by atoms with Gasteiger partial charge < -0.3 is 4.90 Å². The van der Waals surface area contributed by atoms with E-state index in [9.17, 15) is 9.59 Å². The largest absolute Gasteiger partial charge is 0.312 e. The molecule has 1 amide bonds. The van der Waals surface area contributed by atoms with Crippen molar-refractivity contribution >= 4 is 34.5 Å². The maximum atomic E-state index is 15.0. The Morgan fingerprint density at radius 1 is 1.22 bits per heavy atom. The molecule has 0 radical (unpaired) electrons. The maximum Gasteiger partial charge on any atom is 0.258 e. The van der Waals surface area contributed by atoms with Crippen LogP contribution in [-0.2, 0) is 11.2 Å². The lowest BCUT2D eigenvalue weighted by Gasteiger charge is -2.30. The number of benzene rings is 1. The van der Waals surface area contributed by atoms with E-state index in [1.165, 1.54) is 35.4 Å². The monoisotopic (exact) mass is 451 g/mol. The molecule has 0 atom stereocenters. The predicted octanol–water partition coefficient (Wildman–Crippen LogP) is 4.02. The number of halogens is 2. The highest BCUT2D eigenvalue weighted by Crippen LogP contribution is 2.41. The fourth-order valence-electron chi connectivity index (χ4n) is 3.88. The zero-order chi connectivity index (χ0) is 23.4. The minimum absolute atomic E-state index is 0.0808. The van der Waals surface area contributed by atoms with Gasteiger partial charge in [-0.25, -0.2) is 9.37 Å². The van der Waals surface area contributed by atoms with Gasteiger partial charge in [0.05, 0.1) is 22.0 Å². The lowest BCUT2D eigenvalue weighted by Crippen LogP contribution is -2.43. The molecule has 1 aliphatic heterocycles. The molecular formula is C23H19ClFN5O2. The van der Waals surface area contributed by atoms with Crippen LogP contribution in [0.3, 0.4) is 0 Å². The minimum Gasteiger partial charge on any atom is -0.312 e. The zero-order valence-corrected chi connectivity index (χ0v) is 18.4. The summed E-state index contributed by atoms with van der Waals surface area (Å²) in [5.74, 6) is -0.757. The smallest absolute Gasteiger partial charge is 0.258 e. The summed E-state index contributed by atoms with van der Waals surface area (Å²) in [5.41, 5.74) is -0.177. The average Bonchev–Trinajstić information content (AvgIpc) is 2.92. The van der Waals surface area contributed by atoms with E-state index in [4.69, 9.17) is 16.9 Å². The van der Waals surface area contributed by atoms with Gasteiger partial charge in [-0.05, 0) is 38.5 Å². The fourth-order valence-corrected chi connectivity index (χ4v) is 4.10. The second-order valence-electron chi connectivity index (χ2n) is 7.91. The van der Waals surface area contributed by atoms with E-state index in [1.807, 2.05) is 13.0 Å². The van der Waals surface area contributed by atoms with Crippen LogP contribution in [0.1, 0.15) is 32.0 Å². The van der Waals surface area contributed by atoms with E-state index >= 15 is 4.39 Å². The van der Waals surface area contributed by atoms with E-state index in [0.717, 1.165) is 4.40 Å². The van der Waals surface area contributed by atoms with E-state index in [1.54, 1.807) is 24.8 Å². The third kappa shape index (κ3) is 3.13. The van der Waals surface area contributed by atoms with Gasteiger partial charge in [-0.2, -0.15) is 5.26 Å². The maximum absolute atomic E-state index is 15.0. The Balaban J connectivity index is 1.86. The van der Waals surface area contributed by atoms with Crippen molar-refractivity contribution in [2.45, 2.75) is 32.7 Å². The van der Waals surface area contributed by atoms with E-state index in [0.29, 0.717) is 17.8 Å². The van der Waals surface area contributed by atoms with Crippen LogP contribution in [0.25, 0.3) is 5.65 Å². The van der Waals surface area contributed by atoms with E-state index in [-0.39, 0.29) is 33.6 Å². The second kappa shape index (κ2) is 7.46. The molecule has 0 aliphatic carbocycles. The molecule has 0 bridgehead atoms. The number of rotatable bonds is 3. The highest BCUT2D eigenvalue weighted by Gasteiger charge is 2.49. The van der Waals surface area contributed by atoms with Crippen LogP contribution in [0, 0.1) is 17.1 Å². The third-order valence-corrected chi connectivity index (χ3v) is 5.82. The van der Waals surface area contributed by atoms with Crippen LogP contribution in [0.4, 0.5) is 15.8 Å². The number of pyridine rings is 1. The van der Waals surface area contributed by atoms with Crippen molar-refractivity contribution in [2.24, 2.45) is 0 Å². The van der Waals surface area contributed by atoms with Gasteiger partial charge >= 0.3 is 0 Å². The van der Waals surface area contributed by atoms with E-state index < -0.39 is 16.9 Å². The number of anilines is 2. The van der Waals surface area contributed by atoms with Gasteiger partial charge in [-0.1, -0.05) is 25.1 Å². The van der Waals surface area contributed by atoms with Crippen molar-refractivity contribution in [1.82, 2.24) is 9.38 Å². The molecule has 162 valence electrons. The van der Waals surface area contributed by atoms with Crippen LogP contribution in [-0.4, -0.2) is 20.8 Å². The highest BCUT2D eigenvalue weighted by atomic mass is 35.5. The Kier molecular flexibility index (Phi) is 5.02. The third-order valence-electron chi connectivity index (χ3n) is 5.51. The number of nitriles is 1. The first-order valence-electron chi connectivity index (χ1n) is 9.85. The summed E-state index contributed by atoms with van der Waals surface area (Å²) in [6.45, 7) is 9.23. The van der Waals surface area contributed by atoms with Crippen molar-refractivity contribution in [3.8, 4) is 6.07 Å². The number of aryl methyl sites for hydroxylation is 1. The number of amides is 1. The Bertz CT molecular complexity index is 1410. The summed E-state index contributed by atoms with van der Waals surface area (Å²) in [6.07, 6.45) is 1.95. The van der Waals surface area contributed by atoms with Crippen molar-refractivity contribution in [3.63, 3.8) is 0 Å². The van der Waals surface area contributed by atoms with Gasteiger partial charge in [0.25, 0.3) is 11.5 Å². The molecule has 1 aliphatic rings. The summed E-state index contributed by atoms with van der Waals surface area (Å²) in [6, 6.07) is 9.18. The number of carbonyl (C=O) groups is 1. The Morgan fingerprint density at radius 2 is 1.94 bits per heavy atom. The van der Waals surface area contributed by atoms with Gasteiger partial charge in [0.15, 0.2) is 11.5 Å². The van der Waals surface area contributed by atoms with Gasteiger partial charge in [0, 0.05) is 24.0 Å². The molecule has 4 rings (SSSR count). The van der Waals surface area contributed by atoms with Crippen LogP contribution in [0.5, 0.6) is 0 Å². The van der Waals surface area contributed by atoms with Gasteiger partial charge in [0.1, 0.15) is 17.4 Å². The normalized spacial score (nSPS) is 15.5. The van der Waals surface area contributed by atoms with Crippen molar-refractivity contribution in [2.75, 3.05) is 9.80 Å². The zero-order valence-electron chi connectivity index (χ0n) is 17.7. The lowest BCUT2D eigenvalue weighted by atomic mass is 10.0. The molecule has 0 unspecified atom stereocenters. The Labute approximate surface area is 188 Å². The first-order chi connectivity index (χ1) is 15.1. The Hall–Kier alpha value is -3.70. The fraction of sp³-hybridized carbons (Fsp3) is 0.217. The number of fused-ring (bicyclic) bond motifs is 1. The standard InChI is InChI=1S/C23H19ClFN5O2/c1-5-15-8-20(31)28-12-17(10-19(25)21(28)27-15)30-13(2)29(22(32)23(30,3)4)16-7-6-14(11-26)18(24)9-16/h6-10,12H,2,5H2,1,3-4H3. The van der Waals surface area contributed by atoms with Gasteiger partial charge in [0.2, 0.25) is 0 Å². The van der Waals surface area contributed by atoms with Crippen molar-refractivity contribution in [1.29, 1.82) is 5.26 Å². The summed E-state index contributed by atoms with van der Waals surface area (Å²) >= 11 is 6.16. The first-order valence-corrected chi connectivity index (χ1v) is 10.2. The van der Waals surface area contributed by atoms with Crippen LogP contribution < -0.4 is 15.4 Å². The molecule has 0 N–H and O–H groups in total. The SMILES string of the molecule is C=C1N(c2ccc(C#N)c(Cl)c2)C(=O)C(C)(C)N1c1cc(F)c2nc(CC)cc(=O)n2c1. The number of carbonyl (C=O) groups excluding carboxylic acids is 1. The Morgan fingerprint density at radius 3 is 2.56 bits per heavy atom. The molecule has 3 aromatic rings. The molecule has 1 aromatic carbocycles. The van der Waals surface area contributed by atoms with E-state index in [2.05, 4.69) is 11.6 Å². The summed E-state index contributed by atoms with van der Waals surface area (Å²) in [4.78, 5) is 33.0. The summed E-state index contributed by atoms with van der Waals surface area (Å²) in [5, 5.41) is 9.31. The van der Waals surface area contributed by atoms with Gasteiger partial charge in [-0.3, -0.25) is 18.9 Å². The minimum atomic E-state index is -1.14. The molecule has 7 nitrogen and oxygen atoms in total.